The summed E-state index contributed by atoms with van der Waals surface area (Å²) in [5.74, 6) is -12.4. The Balaban J connectivity index is -0.000000595. The number of hydrogen-bond donors (Lipinski definition) is 10. The van der Waals surface area contributed by atoms with Gasteiger partial charge in [0.15, 0.2) is 5.60 Å². The van der Waals surface area contributed by atoms with Crippen LogP contribution in [0.15, 0.2) is 72.8 Å². The average Bonchev–Trinajstić information content (AvgIpc) is 3.01. The molecule has 0 heterocycles. The predicted octanol–water partition coefficient (Wildman–Crippen LogP) is 2.12. The molecule has 10 N–H and O–H groups in total. The fraction of sp³-hybridized carbons (Fsp3) is 0.100. The van der Waals surface area contributed by atoms with Crippen LogP contribution in [0.4, 0.5) is 0 Å². The summed E-state index contributed by atoms with van der Waals surface area (Å²) in [5, 5.41) is 85.1. The first-order valence-electron chi connectivity index (χ1n) is 12.7. The van der Waals surface area contributed by atoms with Crippen LogP contribution in [0, 0.1) is 0 Å². The van der Waals surface area contributed by atoms with Crippen LogP contribution < -0.4 is 0 Å². The molecule has 19 nitrogen and oxygen atoms in total. The Bertz CT molecular complexity index is 1480. The Morgan fingerprint density at radius 3 is 0.627 bits per heavy atom. The topological polar surface area (TPSA) is 356 Å². The number of carboxylic acids is 9. The first-order chi connectivity index (χ1) is 22.7. The summed E-state index contributed by atoms with van der Waals surface area (Å²) in [6, 6.07) is 16.4. The normalized spacial score (nSPS) is 9.35. The van der Waals surface area contributed by atoms with E-state index in [1.807, 2.05) is 0 Å². The number of benzene rings is 3. The van der Waals surface area contributed by atoms with Gasteiger partial charge in [0.25, 0.3) is 0 Å². The van der Waals surface area contributed by atoms with Gasteiger partial charge in [-0.3, -0.25) is 9.59 Å². The van der Waals surface area contributed by atoms with Gasteiger partial charge in [0.05, 0.1) is 46.2 Å². The largest absolute Gasteiger partial charge is 0.481 e. The fourth-order valence-corrected chi connectivity index (χ4v) is 3.28. The molecular formula is C30H32O19P2. The van der Waals surface area contributed by atoms with Crippen molar-refractivity contribution < 1.29 is 94.2 Å². The Kier molecular flexibility index (Phi) is 22.3. The molecule has 0 saturated carbocycles. The second kappa shape index (κ2) is 23.1. The summed E-state index contributed by atoms with van der Waals surface area (Å²) < 4.78 is 0. The second-order valence-corrected chi connectivity index (χ2v) is 8.95. The van der Waals surface area contributed by atoms with E-state index in [0.717, 1.165) is 0 Å². The van der Waals surface area contributed by atoms with E-state index < -0.39 is 72.2 Å². The van der Waals surface area contributed by atoms with Gasteiger partial charge in [-0.05, 0) is 36.4 Å². The van der Waals surface area contributed by atoms with Crippen molar-refractivity contribution in [3.8, 4) is 0 Å². The third-order valence-electron chi connectivity index (χ3n) is 5.45. The molecule has 0 aliphatic carbocycles. The van der Waals surface area contributed by atoms with E-state index in [4.69, 9.17) is 51.1 Å². The molecule has 0 bridgehead atoms. The molecule has 3 aromatic rings. The van der Waals surface area contributed by atoms with Gasteiger partial charge in [0.1, 0.15) is 0 Å². The number of aromatic carboxylic acids is 6. The van der Waals surface area contributed by atoms with Gasteiger partial charge < -0.3 is 51.1 Å². The van der Waals surface area contributed by atoms with Gasteiger partial charge in [0.2, 0.25) is 0 Å². The summed E-state index contributed by atoms with van der Waals surface area (Å²) in [7, 11) is 0. The first kappa shape index (κ1) is 49.1. The molecule has 21 heteroatoms. The molecular weight excluding hydrogens is 726 g/mol. The predicted molar refractivity (Wildman–Crippen MR) is 180 cm³/mol. The Morgan fingerprint density at radius 2 is 0.529 bits per heavy atom. The van der Waals surface area contributed by atoms with Crippen LogP contribution in [0.3, 0.4) is 0 Å². The van der Waals surface area contributed by atoms with Gasteiger partial charge in [-0.15, -0.1) is 0 Å². The quantitative estimate of drug-likeness (QED) is 0.125. The zero-order chi connectivity index (χ0) is 38.1. The number of aliphatic carboxylic acids is 3. The summed E-state index contributed by atoms with van der Waals surface area (Å²) in [5.41, 5.74) is -3.88. The van der Waals surface area contributed by atoms with Crippen molar-refractivity contribution in [2.75, 3.05) is 0 Å². The SMILES string of the molecule is O=C(O)CC(O)(CC(=O)O)C(=O)O.O=C(O)c1ccccc1C(=O)O.O=C(O)c1ccccc1C(=O)O.O=C(O)c1ccccc1C(=O)O.P.P. The molecule has 0 aliphatic heterocycles. The van der Waals surface area contributed by atoms with Crippen molar-refractivity contribution in [1.82, 2.24) is 0 Å². The van der Waals surface area contributed by atoms with E-state index in [-0.39, 0.29) is 53.2 Å². The number of rotatable bonds is 11. The lowest BCUT2D eigenvalue weighted by atomic mass is 9.96. The zero-order valence-corrected chi connectivity index (χ0v) is 28.7. The third-order valence-corrected chi connectivity index (χ3v) is 5.45. The molecule has 0 spiro atoms. The summed E-state index contributed by atoms with van der Waals surface area (Å²) in [4.78, 5) is 93.3. The third kappa shape index (κ3) is 17.1. The van der Waals surface area contributed by atoms with Gasteiger partial charge in [0, 0.05) is 0 Å². The maximum absolute atomic E-state index is 10.5. The van der Waals surface area contributed by atoms with Gasteiger partial charge in [-0.25, -0.2) is 33.6 Å². The fourth-order valence-electron chi connectivity index (χ4n) is 3.28. The molecule has 0 fully saturated rings. The molecule has 0 aliphatic rings. The minimum absolute atomic E-state index is 0. The van der Waals surface area contributed by atoms with Gasteiger partial charge in [-0.1, -0.05) is 36.4 Å². The van der Waals surface area contributed by atoms with Crippen molar-refractivity contribution in [3.63, 3.8) is 0 Å². The van der Waals surface area contributed by atoms with E-state index in [2.05, 4.69) is 0 Å². The highest BCUT2D eigenvalue weighted by Crippen LogP contribution is 2.16. The van der Waals surface area contributed by atoms with E-state index in [0.29, 0.717) is 0 Å². The molecule has 2 atom stereocenters. The monoisotopic (exact) mass is 758 g/mol. The summed E-state index contributed by atoms with van der Waals surface area (Å²) in [6.07, 6.45) is -2.29. The van der Waals surface area contributed by atoms with Crippen LogP contribution in [0.25, 0.3) is 0 Å². The lowest BCUT2D eigenvalue weighted by molar-refractivity contribution is -0.170. The van der Waals surface area contributed by atoms with E-state index in [1.165, 1.54) is 72.8 Å². The molecule has 0 aromatic heterocycles. The Hall–Kier alpha value is -6.29. The van der Waals surface area contributed by atoms with Crippen molar-refractivity contribution in [2.45, 2.75) is 18.4 Å². The molecule has 0 amide bonds. The molecule has 51 heavy (non-hydrogen) atoms. The summed E-state index contributed by atoms with van der Waals surface area (Å²) in [6.45, 7) is 0. The van der Waals surface area contributed by atoms with E-state index in [1.54, 1.807) is 0 Å². The number of carbonyl (C=O) groups is 9. The lowest BCUT2D eigenvalue weighted by Crippen LogP contribution is -2.42. The first-order valence-corrected chi connectivity index (χ1v) is 12.7. The van der Waals surface area contributed by atoms with Crippen LogP contribution >= 0.6 is 19.8 Å². The average molecular weight is 759 g/mol. The second-order valence-electron chi connectivity index (χ2n) is 8.95. The smallest absolute Gasteiger partial charge is 0.336 e. The van der Waals surface area contributed by atoms with Crippen molar-refractivity contribution in [2.24, 2.45) is 0 Å². The standard InChI is InChI=1S/3C8H6O4.C6H8O7.2H3P/c3*9-7(10)5-3-1-2-4-6(5)8(11)12;7-3(8)1-6(13,5(11)12)2-4(9)10;;/h3*1-4H,(H,9,10)(H,11,12);13H,1-2H2,(H,7,8)(H,9,10)(H,11,12);2*1H3. The summed E-state index contributed by atoms with van der Waals surface area (Å²) >= 11 is 0. The highest BCUT2D eigenvalue weighted by molar-refractivity contribution is 6.92. The minimum Gasteiger partial charge on any atom is -0.481 e. The van der Waals surface area contributed by atoms with Crippen molar-refractivity contribution in [1.29, 1.82) is 0 Å². The molecule has 3 rings (SSSR count). The van der Waals surface area contributed by atoms with Crippen LogP contribution in [0.1, 0.15) is 75.0 Å². The van der Waals surface area contributed by atoms with Gasteiger partial charge in [-0.2, -0.15) is 19.8 Å². The van der Waals surface area contributed by atoms with Crippen LogP contribution in [-0.2, 0) is 14.4 Å². The number of carboxylic acid groups (broad SMARTS) is 9. The van der Waals surface area contributed by atoms with Crippen molar-refractivity contribution in [3.05, 3.63) is 106 Å². The number of hydrogen-bond acceptors (Lipinski definition) is 10. The van der Waals surface area contributed by atoms with Crippen LogP contribution in [0.5, 0.6) is 0 Å². The molecule has 0 radical (unpaired) electrons. The lowest BCUT2D eigenvalue weighted by Gasteiger charge is -2.18. The van der Waals surface area contributed by atoms with E-state index in [9.17, 15) is 43.2 Å². The molecule has 3 aromatic carbocycles. The highest BCUT2D eigenvalue weighted by atomic mass is 31.0. The maximum atomic E-state index is 10.5. The Labute approximate surface area is 292 Å². The minimum atomic E-state index is -2.74. The highest BCUT2D eigenvalue weighted by Gasteiger charge is 2.40. The Morgan fingerprint density at radius 1 is 0.373 bits per heavy atom. The molecule has 276 valence electrons. The maximum Gasteiger partial charge on any atom is 0.336 e. The number of aliphatic hydroxyl groups is 1. The van der Waals surface area contributed by atoms with Gasteiger partial charge >= 0.3 is 53.7 Å². The molecule has 0 saturated heterocycles. The van der Waals surface area contributed by atoms with Crippen LogP contribution in [0.2, 0.25) is 0 Å². The van der Waals surface area contributed by atoms with Crippen molar-refractivity contribution >= 4 is 73.5 Å². The molecule has 2 unspecified atom stereocenters. The zero-order valence-electron chi connectivity index (χ0n) is 25.9. The van der Waals surface area contributed by atoms with E-state index >= 15 is 0 Å². The van der Waals surface area contributed by atoms with Crippen LogP contribution in [-0.4, -0.2) is 110 Å².